The zero-order valence-corrected chi connectivity index (χ0v) is 16.1. The lowest BCUT2D eigenvalue weighted by Gasteiger charge is -2.13. The molecular weight excluding hydrogens is 362 g/mol. The third-order valence-electron chi connectivity index (χ3n) is 4.27. The van der Waals surface area contributed by atoms with E-state index < -0.39 is 0 Å². The molecule has 4 aromatic rings. The van der Waals surface area contributed by atoms with Crippen LogP contribution < -0.4 is 10.9 Å². The molecule has 0 atom stereocenters. The summed E-state index contributed by atoms with van der Waals surface area (Å²) < 4.78 is 4.21. The Morgan fingerprint density at radius 1 is 1.30 bits per heavy atom. The Morgan fingerprint density at radius 3 is 2.81 bits per heavy atom. The van der Waals surface area contributed by atoms with Crippen LogP contribution >= 0.6 is 11.3 Å². The molecule has 4 aromatic heterocycles. The van der Waals surface area contributed by atoms with Gasteiger partial charge in [-0.1, -0.05) is 13.8 Å². The van der Waals surface area contributed by atoms with E-state index >= 15 is 0 Å². The predicted octanol–water partition coefficient (Wildman–Crippen LogP) is 3.18. The van der Waals surface area contributed by atoms with Gasteiger partial charge in [0.15, 0.2) is 0 Å². The minimum Gasteiger partial charge on any atom is -0.323 e. The first-order valence-corrected chi connectivity index (χ1v) is 9.48. The van der Waals surface area contributed by atoms with E-state index in [4.69, 9.17) is 0 Å². The molecular formula is C19H19N5O2S. The SMILES string of the molecule is Cc1cc2c(cc3c(=O)n(CC(=O)Nc4cccnc4)nc(C(C)C)n32)s1. The first-order chi connectivity index (χ1) is 12.9. The molecule has 4 rings (SSSR count). The average molecular weight is 381 g/mol. The molecule has 0 aliphatic heterocycles. The molecule has 8 heteroatoms. The van der Waals surface area contributed by atoms with E-state index in [1.807, 2.05) is 31.2 Å². The summed E-state index contributed by atoms with van der Waals surface area (Å²) in [5.41, 5.74) is 1.85. The average Bonchev–Trinajstić information content (AvgIpc) is 3.14. The second-order valence-corrected chi connectivity index (χ2v) is 8.03. The maximum absolute atomic E-state index is 12.9. The van der Waals surface area contributed by atoms with Crippen LogP contribution in [0.4, 0.5) is 5.69 Å². The summed E-state index contributed by atoms with van der Waals surface area (Å²) in [7, 11) is 0. The first kappa shape index (κ1) is 17.4. The lowest BCUT2D eigenvalue weighted by atomic mass is 10.2. The highest BCUT2D eigenvalue weighted by molar-refractivity contribution is 7.19. The number of aryl methyl sites for hydroxylation is 1. The molecule has 0 saturated heterocycles. The number of carbonyl (C=O) groups excluding carboxylic acids is 1. The Labute approximate surface area is 159 Å². The molecule has 0 spiro atoms. The van der Waals surface area contributed by atoms with Crippen molar-refractivity contribution in [2.45, 2.75) is 33.2 Å². The van der Waals surface area contributed by atoms with Crippen LogP contribution in [0.2, 0.25) is 0 Å². The van der Waals surface area contributed by atoms with Gasteiger partial charge in [-0.25, -0.2) is 4.68 Å². The minimum atomic E-state index is -0.319. The van der Waals surface area contributed by atoms with Crippen LogP contribution in [0.25, 0.3) is 15.7 Å². The fraction of sp³-hybridized carbons (Fsp3) is 0.263. The third kappa shape index (κ3) is 3.12. The van der Waals surface area contributed by atoms with E-state index in [1.165, 1.54) is 9.56 Å². The molecule has 0 bridgehead atoms. The fourth-order valence-electron chi connectivity index (χ4n) is 3.12. The highest BCUT2D eigenvalue weighted by Gasteiger charge is 2.19. The lowest BCUT2D eigenvalue weighted by Crippen LogP contribution is -2.32. The van der Waals surface area contributed by atoms with Crippen LogP contribution in [-0.4, -0.2) is 25.1 Å². The van der Waals surface area contributed by atoms with Gasteiger partial charge in [-0.05, 0) is 31.2 Å². The summed E-state index contributed by atoms with van der Waals surface area (Å²) in [6.45, 7) is 5.94. The van der Waals surface area contributed by atoms with Gasteiger partial charge in [-0.2, -0.15) is 5.10 Å². The highest BCUT2D eigenvalue weighted by atomic mass is 32.1. The molecule has 1 N–H and O–H groups in total. The molecule has 1 amide bonds. The topological polar surface area (TPSA) is 81.3 Å². The Kier molecular flexibility index (Phi) is 4.27. The number of carbonyl (C=O) groups is 1. The van der Waals surface area contributed by atoms with Crippen molar-refractivity contribution in [1.82, 2.24) is 19.2 Å². The van der Waals surface area contributed by atoms with Gasteiger partial charge < -0.3 is 5.32 Å². The van der Waals surface area contributed by atoms with Crippen LogP contribution in [0.15, 0.2) is 41.5 Å². The van der Waals surface area contributed by atoms with E-state index in [0.29, 0.717) is 11.2 Å². The van der Waals surface area contributed by atoms with Crippen LogP contribution in [0.5, 0.6) is 0 Å². The summed E-state index contributed by atoms with van der Waals surface area (Å²) in [5, 5.41) is 7.25. The first-order valence-electron chi connectivity index (χ1n) is 8.66. The van der Waals surface area contributed by atoms with E-state index in [2.05, 4.69) is 21.5 Å². The van der Waals surface area contributed by atoms with Gasteiger partial charge in [0.05, 0.1) is 22.1 Å². The molecule has 138 valence electrons. The molecule has 0 aromatic carbocycles. The van der Waals surface area contributed by atoms with Crippen molar-refractivity contribution >= 4 is 38.7 Å². The number of thiophene rings is 1. The summed E-state index contributed by atoms with van der Waals surface area (Å²) in [6, 6.07) is 7.43. The molecule has 0 fully saturated rings. The number of rotatable bonds is 4. The highest BCUT2D eigenvalue weighted by Crippen LogP contribution is 2.29. The minimum absolute atomic E-state index is 0.0940. The van der Waals surface area contributed by atoms with Crippen molar-refractivity contribution in [1.29, 1.82) is 0 Å². The second kappa shape index (κ2) is 6.62. The molecule has 0 aliphatic carbocycles. The van der Waals surface area contributed by atoms with Crippen molar-refractivity contribution in [2.75, 3.05) is 5.32 Å². The van der Waals surface area contributed by atoms with Crippen LogP contribution in [0, 0.1) is 6.92 Å². The number of pyridine rings is 1. The molecule has 0 unspecified atom stereocenters. The Hall–Kier alpha value is -3.00. The number of anilines is 1. The monoisotopic (exact) mass is 381 g/mol. The second-order valence-electron chi connectivity index (χ2n) is 6.74. The number of fused-ring (bicyclic) bond motifs is 3. The van der Waals surface area contributed by atoms with E-state index in [9.17, 15) is 9.59 Å². The van der Waals surface area contributed by atoms with Crippen LogP contribution in [0.3, 0.4) is 0 Å². The lowest BCUT2D eigenvalue weighted by molar-refractivity contribution is -0.117. The van der Waals surface area contributed by atoms with Gasteiger partial charge in [-0.15, -0.1) is 11.3 Å². The maximum Gasteiger partial charge on any atom is 0.291 e. The molecule has 0 radical (unpaired) electrons. The van der Waals surface area contributed by atoms with Crippen LogP contribution in [-0.2, 0) is 11.3 Å². The molecule has 7 nitrogen and oxygen atoms in total. The summed E-state index contributed by atoms with van der Waals surface area (Å²) >= 11 is 1.65. The quantitative estimate of drug-likeness (QED) is 0.589. The Bertz CT molecular complexity index is 1200. The van der Waals surface area contributed by atoms with Gasteiger partial charge >= 0.3 is 0 Å². The van der Waals surface area contributed by atoms with E-state index in [1.54, 1.807) is 35.9 Å². The largest absolute Gasteiger partial charge is 0.323 e. The number of aromatic nitrogens is 4. The number of hydrogen-bond acceptors (Lipinski definition) is 5. The molecule has 0 aliphatic rings. The van der Waals surface area contributed by atoms with Crippen molar-refractivity contribution in [3.63, 3.8) is 0 Å². The number of nitrogens with zero attached hydrogens (tertiary/aromatic N) is 4. The third-order valence-corrected chi connectivity index (χ3v) is 5.26. The summed E-state index contributed by atoms with van der Waals surface area (Å²) in [4.78, 5) is 30.5. The van der Waals surface area contributed by atoms with Gasteiger partial charge in [0.2, 0.25) is 5.91 Å². The van der Waals surface area contributed by atoms with Crippen molar-refractivity contribution in [3.8, 4) is 0 Å². The number of nitrogens with one attached hydrogen (secondary N) is 1. The summed E-state index contributed by atoms with van der Waals surface area (Å²) in [5.74, 6) is 0.531. The Balaban J connectivity index is 1.78. The predicted molar refractivity (Wildman–Crippen MR) is 107 cm³/mol. The zero-order valence-electron chi connectivity index (χ0n) is 15.3. The van der Waals surface area contributed by atoms with Crippen molar-refractivity contribution < 1.29 is 4.79 Å². The standard InChI is InChI=1S/C19H19N5O2S/c1-11(2)18-22-23(10-17(25)21-13-5-4-6-20-9-13)19(26)15-8-16-14(24(15)18)7-12(3)27-16/h4-9,11H,10H2,1-3H3,(H,21,25). The normalized spacial score (nSPS) is 11.6. The van der Waals surface area contributed by atoms with Gasteiger partial charge in [0.1, 0.15) is 17.9 Å². The zero-order chi connectivity index (χ0) is 19.1. The molecule has 0 saturated carbocycles. The Morgan fingerprint density at radius 2 is 2.11 bits per heavy atom. The van der Waals surface area contributed by atoms with Gasteiger partial charge in [-0.3, -0.25) is 19.0 Å². The smallest absolute Gasteiger partial charge is 0.291 e. The summed E-state index contributed by atoms with van der Waals surface area (Å²) in [6.07, 6.45) is 3.19. The maximum atomic E-state index is 12.9. The van der Waals surface area contributed by atoms with Crippen molar-refractivity contribution in [2.24, 2.45) is 0 Å². The number of amides is 1. The van der Waals surface area contributed by atoms with Gasteiger partial charge in [0, 0.05) is 17.0 Å². The van der Waals surface area contributed by atoms with Crippen molar-refractivity contribution in [3.05, 3.63) is 57.7 Å². The van der Waals surface area contributed by atoms with E-state index in [0.717, 1.165) is 16.0 Å². The van der Waals surface area contributed by atoms with Crippen LogP contribution in [0.1, 0.15) is 30.5 Å². The van der Waals surface area contributed by atoms with Gasteiger partial charge in [0.25, 0.3) is 5.56 Å². The fourth-order valence-corrected chi connectivity index (χ4v) is 4.06. The van der Waals surface area contributed by atoms with E-state index in [-0.39, 0.29) is 23.9 Å². The number of hydrogen-bond donors (Lipinski definition) is 1. The molecule has 27 heavy (non-hydrogen) atoms. The molecule has 4 heterocycles.